The molecule has 0 radical (unpaired) electrons. The van der Waals surface area contributed by atoms with Gasteiger partial charge >= 0.3 is 0 Å². The van der Waals surface area contributed by atoms with E-state index >= 15 is 0 Å². The molecule has 2 nitrogen and oxygen atoms in total. The number of rotatable bonds is 11. The zero-order chi connectivity index (χ0) is 22.1. The second kappa shape index (κ2) is 12.2. The van der Waals surface area contributed by atoms with Gasteiger partial charge in [-0.2, -0.15) is 0 Å². The molecule has 0 fully saturated rings. The van der Waals surface area contributed by atoms with Crippen LogP contribution in [0.1, 0.15) is 63.5 Å². The van der Waals surface area contributed by atoms with Crippen LogP contribution in [0, 0.1) is 0 Å². The van der Waals surface area contributed by atoms with Gasteiger partial charge in [0.05, 0.1) is 0 Å². The van der Waals surface area contributed by atoms with E-state index in [0.717, 1.165) is 35.1 Å². The molecular formula is C28H35O2P. The lowest BCUT2D eigenvalue weighted by molar-refractivity contribution is 0.497. The third-order valence-electron chi connectivity index (χ3n) is 5.90. The third-order valence-corrected chi connectivity index (χ3v) is 6.71. The average Bonchev–Trinajstić information content (AvgIpc) is 2.80. The van der Waals surface area contributed by atoms with E-state index in [0.29, 0.717) is 5.30 Å². The second-order valence-electron chi connectivity index (χ2n) is 8.30. The van der Waals surface area contributed by atoms with Crippen LogP contribution in [-0.4, -0.2) is 9.79 Å². The number of hydrogen-bond acceptors (Lipinski definition) is 2. The highest BCUT2D eigenvalue weighted by atomic mass is 31.2. The molecule has 0 atom stereocenters. The monoisotopic (exact) mass is 434 g/mol. The quantitative estimate of drug-likeness (QED) is 0.244. The van der Waals surface area contributed by atoms with Gasteiger partial charge in [0.1, 0.15) is 0 Å². The Hall–Kier alpha value is -1.99. The third kappa shape index (κ3) is 6.50. The summed E-state index contributed by atoms with van der Waals surface area (Å²) >= 11 is 0. The van der Waals surface area contributed by atoms with E-state index in [-0.39, 0.29) is 0 Å². The smallest absolute Gasteiger partial charge is 0.200 e. The van der Waals surface area contributed by atoms with Crippen molar-refractivity contribution in [1.82, 2.24) is 0 Å². The van der Waals surface area contributed by atoms with E-state index in [4.69, 9.17) is 0 Å². The molecule has 0 unspecified atom stereocenters. The fraction of sp³-hybridized carbons (Fsp3) is 0.357. The van der Waals surface area contributed by atoms with Crippen molar-refractivity contribution < 1.29 is 9.79 Å². The van der Waals surface area contributed by atoms with Crippen LogP contribution in [0.15, 0.2) is 66.7 Å². The van der Waals surface area contributed by atoms with Crippen LogP contribution in [0.5, 0.6) is 0 Å². The van der Waals surface area contributed by atoms with Crippen LogP contribution in [0.2, 0.25) is 0 Å². The van der Waals surface area contributed by atoms with Gasteiger partial charge in [0.25, 0.3) is 0 Å². The Kier molecular flexibility index (Phi) is 9.28. The maximum atomic E-state index is 10.1. The molecule has 3 aromatic carbocycles. The Morgan fingerprint density at radius 2 is 1.13 bits per heavy atom. The Labute approximate surface area is 188 Å². The lowest BCUT2D eigenvalue weighted by Crippen LogP contribution is -2.06. The Bertz CT molecular complexity index is 930. The topological polar surface area (TPSA) is 40.5 Å². The maximum absolute atomic E-state index is 10.1. The molecule has 3 aromatic rings. The van der Waals surface area contributed by atoms with Crippen molar-refractivity contribution in [3.05, 3.63) is 77.9 Å². The summed E-state index contributed by atoms with van der Waals surface area (Å²) in [7, 11) is -2.18. The number of aryl methyl sites for hydroxylation is 2. The highest BCUT2D eigenvalue weighted by molar-refractivity contribution is 7.54. The van der Waals surface area contributed by atoms with Gasteiger partial charge in [0.2, 0.25) is 0 Å². The molecule has 3 rings (SSSR count). The highest BCUT2D eigenvalue weighted by Crippen LogP contribution is 2.37. The fourth-order valence-corrected chi connectivity index (χ4v) is 4.77. The average molecular weight is 435 g/mol. The summed E-state index contributed by atoms with van der Waals surface area (Å²) in [5.41, 5.74) is 6.82. The van der Waals surface area contributed by atoms with Crippen LogP contribution < -0.4 is 5.30 Å². The van der Waals surface area contributed by atoms with Gasteiger partial charge < -0.3 is 9.79 Å². The van der Waals surface area contributed by atoms with E-state index in [1.807, 2.05) is 12.1 Å². The van der Waals surface area contributed by atoms with Crippen LogP contribution in [0.25, 0.3) is 22.3 Å². The first-order chi connectivity index (χ1) is 15.1. The van der Waals surface area contributed by atoms with Crippen molar-refractivity contribution in [3.63, 3.8) is 0 Å². The molecule has 0 bridgehead atoms. The number of benzene rings is 3. The van der Waals surface area contributed by atoms with Gasteiger partial charge in [-0.15, -0.1) is 0 Å². The summed E-state index contributed by atoms with van der Waals surface area (Å²) in [6, 6.07) is 23.2. The van der Waals surface area contributed by atoms with Crippen LogP contribution in [0.4, 0.5) is 0 Å². The van der Waals surface area contributed by atoms with E-state index < -0.39 is 8.38 Å². The lowest BCUT2D eigenvalue weighted by Gasteiger charge is -2.17. The number of hydrogen-bond donors (Lipinski definition) is 2. The predicted octanol–water partition coefficient (Wildman–Crippen LogP) is 7.41. The predicted molar refractivity (Wildman–Crippen MR) is 135 cm³/mol. The first kappa shape index (κ1) is 23.7. The van der Waals surface area contributed by atoms with Gasteiger partial charge in [-0.05, 0) is 59.6 Å². The number of unbranched alkanes of at least 4 members (excludes halogenated alkanes) is 4. The van der Waals surface area contributed by atoms with Crippen molar-refractivity contribution in [2.75, 3.05) is 0 Å². The van der Waals surface area contributed by atoms with Gasteiger partial charge in [-0.25, -0.2) is 0 Å². The molecule has 0 saturated carbocycles. The first-order valence-electron chi connectivity index (χ1n) is 11.6. The minimum atomic E-state index is -2.18. The summed E-state index contributed by atoms with van der Waals surface area (Å²) in [6.07, 6.45) is 9.61. The lowest BCUT2D eigenvalue weighted by atomic mass is 9.92. The normalized spacial score (nSPS) is 11.3. The summed E-state index contributed by atoms with van der Waals surface area (Å²) < 4.78 is 0. The second-order valence-corrected chi connectivity index (χ2v) is 9.36. The van der Waals surface area contributed by atoms with Gasteiger partial charge in [-0.3, -0.25) is 0 Å². The molecule has 0 aliphatic heterocycles. The minimum absolute atomic E-state index is 0.609. The van der Waals surface area contributed by atoms with Crippen molar-refractivity contribution in [3.8, 4) is 22.3 Å². The van der Waals surface area contributed by atoms with E-state index in [9.17, 15) is 9.79 Å². The first-order valence-corrected chi connectivity index (χ1v) is 12.9. The van der Waals surface area contributed by atoms with E-state index in [1.54, 1.807) is 0 Å². The highest BCUT2D eigenvalue weighted by Gasteiger charge is 2.17. The zero-order valence-electron chi connectivity index (χ0n) is 18.8. The summed E-state index contributed by atoms with van der Waals surface area (Å²) in [5, 5.41) is 0.609. The van der Waals surface area contributed by atoms with Crippen LogP contribution >= 0.6 is 8.38 Å². The van der Waals surface area contributed by atoms with Crippen LogP contribution in [0.3, 0.4) is 0 Å². The molecule has 0 spiro atoms. The molecule has 0 aliphatic carbocycles. The zero-order valence-corrected chi connectivity index (χ0v) is 19.7. The Morgan fingerprint density at radius 3 is 1.61 bits per heavy atom. The van der Waals surface area contributed by atoms with Crippen LogP contribution in [-0.2, 0) is 12.8 Å². The summed E-state index contributed by atoms with van der Waals surface area (Å²) in [4.78, 5) is 20.2. The minimum Gasteiger partial charge on any atom is -0.347 e. The molecule has 31 heavy (non-hydrogen) atoms. The Balaban J connectivity index is 1.93. The van der Waals surface area contributed by atoms with E-state index in [2.05, 4.69) is 68.4 Å². The maximum Gasteiger partial charge on any atom is 0.200 e. The summed E-state index contributed by atoms with van der Waals surface area (Å²) in [5.74, 6) is 0. The molecule has 0 heterocycles. The largest absolute Gasteiger partial charge is 0.347 e. The fourth-order valence-electron chi connectivity index (χ4n) is 4.10. The molecule has 0 saturated heterocycles. The molecule has 3 heteroatoms. The van der Waals surface area contributed by atoms with Crippen molar-refractivity contribution in [2.24, 2.45) is 0 Å². The van der Waals surface area contributed by atoms with Crippen molar-refractivity contribution >= 4 is 13.7 Å². The van der Waals surface area contributed by atoms with E-state index in [1.165, 1.54) is 49.7 Å². The van der Waals surface area contributed by atoms with Gasteiger partial charge in [-0.1, -0.05) is 100 Å². The Morgan fingerprint density at radius 1 is 0.613 bits per heavy atom. The molecule has 0 aromatic heterocycles. The standard InChI is InChI=1S/C28H35O2P/c1-3-5-7-10-22-14-18-24(19-15-22)26-12-9-13-27(31(29)30)28(26)25-20-16-23(17-21-25)11-8-6-4-2/h9,12-21,29-30H,3-8,10-11H2,1-2H3. The summed E-state index contributed by atoms with van der Waals surface area (Å²) in [6.45, 7) is 4.45. The molecule has 164 valence electrons. The molecule has 2 N–H and O–H groups in total. The molecule has 0 amide bonds. The van der Waals surface area contributed by atoms with Gasteiger partial charge in [0, 0.05) is 10.9 Å². The molecular weight excluding hydrogens is 399 g/mol. The SMILES string of the molecule is CCCCCc1ccc(-c2cccc(P(O)O)c2-c2ccc(CCCCC)cc2)cc1. The van der Waals surface area contributed by atoms with Gasteiger partial charge in [0.15, 0.2) is 8.38 Å². The molecule has 0 aliphatic rings. The van der Waals surface area contributed by atoms with Crippen molar-refractivity contribution in [2.45, 2.75) is 65.2 Å². The van der Waals surface area contributed by atoms with Crippen molar-refractivity contribution in [1.29, 1.82) is 0 Å².